The van der Waals surface area contributed by atoms with Gasteiger partial charge in [0.2, 0.25) is 0 Å². The highest BCUT2D eigenvalue weighted by Gasteiger charge is 2.52. The first kappa shape index (κ1) is 8.17. The van der Waals surface area contributed by atoms with Crippen molar-refractivity contribution in [3.63, 3.8) is 0 Å². The molecule has 3 rings (SSSR count). The third kappa shape index (κ3) is 1.18. The van der Waals surface area contributed by atoms with E-state index in [0.29, 0.717) is 5.92 Å². The molecule has 4 heteroatoms. The van der Waals surface area contributed by atoms with E-state index in [1.165, 1.54) is 12.8 Å². The number of aromatic nitrogens is 2. The highest BCUT2D eigenvalue weighted by molar-refractivity contribution is 5.43. The van der Waals surface area contributed by atoms with Crippen LogP contribution in [0.15, 0.2) is 18.3 Å². The van der Waals surface area contributed by atoms with Gasteiger partial charge in [-0.15, -0.1) is 5.10 Å². The van der Waals surface area contributed by atoms with E-state index < -0.39 is 5.60 Å². The number of rotatable bonds is 2. The molecular formula is C10H13N3O. The Labute approximate surface area is 82.6 Å². The molecule has 0 radical (unpaired) electrons. The minimum Gasteiger partial charge on any atom is -0.386 e. The van der Waals surface area contributed by atoms with Crippen LogP contribution in [0.5, 0.6) is 0 Å². The van der Waals surface area contributed by atoms with Gasteiger partial charge in [0.15, 0.2) is 5.82 Å². The standard InChI is InChI=1S/C10H13N3O/c14-10(8-3-4-8)6-13(7-10)9-2-1-5-11-12-9/h1-2,5,8,14H,3-4,6-7H2. The summed E-state index contributed by atoms with van der Waals surface area (Å²) in [5.74, 6) is 1.41. The molecule has 4 nitrogen and oxygen atoms in total. The fourth-order valence-corrected chi connectivity index (χ4v) is 2.12. The summed E-state index contributed by atoms with van der Waals surface area (Å²) in [6.45, 7) is 1.44. The maximum Gasteiger partial charge on any atom is 0.151 e. The predicted molar refractivity (Wildman–Crippen MR) is 51.9 cm³/mol. The molecule has 1 aliphatic carbocycles. The molecule has 1 aromatic rings. The molecule has 74 valence electrons. The van der Waals surface area contributed by atoms with E-state index >= 15 is 0 Å². The van der Waals surface area contributed by atoms with Gasteiger partial charge in [0.05, 0.1) is 13.1 Å². The molecule has 1 aromatic heterocycles. The molecule has 0 unspecified atom stereocenters. The van der Waals surface area contributed by atoms with Crippen LogP contribution in [-0.4, -0.2) is 34.0 Å². The normalized spacial score (nSPS) is 24.5. The van der Waals surface area contributed by atoms with E-state index in [1.54, 1.807) is 6.20 Å². The molecule has 0 amide bonds. The van der Waals surface area contributed by atoms with Gasteiger partial charge in [-0.25, -0.2) is 0 Å². The maximum absolute atomic E-state index is 10.1. The molecule has 0 bridgehead atoms. The number of hydrogen-bond donors (Lipinski definition) is 1. The van der Waals surface area contributed by atoms with Crippen molar-refractivity contribution in [1.29, 1.82) is 0 Å². The molecule has 1 saturated heterocycles. The summed E-state index contributed by atoms with van der Waals surface area (Å²) < 4.78 is 0. The van der Waals surface area contributed by atoms with E-state index in [-0.39, 0.29) is 0 Å². The second kappa shape index (κ2) is 2.67. The van der Waals surface area contributed by atoms with Crippen molar-refractivity contribution in [2.75, 3.05) is 18.0 Å². The zero-order valence-electron chi connectivity index (χ0n) is 7.93. The van der Waals surface area contributed by atoms with Crippen LogP contribution in [0.25, 0.3) is 0 Å². The number of anilines is 1. The molecule has 2 fully saturated rings. The van der Waals surface area contributed by atoms with E-state index in [4.69, 9.17) is 0 Å². The van der Waals surface area contributed by atoms with Crippen LogP contribution >= 0.6 is 0 Å². The van der Waals surface area contributed by atoms with E-state index in [1.807, 2.05) is 12.1 Å². The highest BCUT2D eigenvalue weighted by atomic mass is 16.3. The molecular weight excluding hydrogens is 178 g/mol. The molecule has 2 aliphatic rings. The van der Waals surface area contributed by atoms with Gasteiger partial charge in [0.25, 0.3) is 0 Å². The van der Waals surface area contributed by atoms with Crippen molar-refractivity contribution in [2.45, 2.75) is 18.4 Å². The fourth-order valence-electron chi connectivity index (χ4n) is 2.12. The third-order valence-electron chi connectivity index (χ3n) is 3.15. The molecule has 0 atom stereocenters. The lowest BCUT2D eigenvalue weighted by atomic mass is 9.89. The summed E-state index contributed by atoms with van der Waals surface area (Å²) in [6, 6.07) is 3.80. The SMILES string of the molecule is OC1(C2CC2)CN(c2cccnn2)C1. The number of β-amino-alcohol motifs (C(OH)–C–C–N with tert-alkyl or cyclic N) is 1. The van der Waals surface area contributed by atoms with Gasteiger partial charge in [0.1, 0.15) is 5.60 Å². The fraction of sp³-hybridized carbons (Fsp3) is 0.600. The van der Waals surface area contributed by atoms with Crippen LogP contribution in [0.1, 0.15) is 12.8 Å². The van der Waals surface area contributed by atoms with Crippen molar-refractivity contribution in [3.8, 4) is 0 Å². The van der Waals surface area contributed by atoms with Gasteiger partial charge < -0.3 is 10.0 Å². The summed E-state index contributed by atoms with van der Waals surface area (Å²) in [5, 5.41) is 17.9. The van der Waals surface area contributed by atoms with E-state index in [9.17, 15) is 5.11 Å². The summed E-state index contributed by atoms with van der Waals surface area (Å²) in [6.07, 6.45) is 4.03. The van der Waals surface area contributed by atoms with Gasteiger partial charge >= 0.3 is 0 Å². The van der Waals surface area contributed by atoms with Gasteiger partial charge in [-0.1, -0.05) is 0 Å². The Morgan fingerprint density at radius 2 is 2.21 bits per heavy atom. The van der Waals surface area contributed by atoms with Crippen LogP contribution < -0.4 is 4.90 Å². The average Bonchev–Trinajstić information content (AvgIpc) is 2.98. The van der Waals surface area contributed by atoms with Crippen LogP contribution in [-0.2, 0) is 0 Å². The first-order chi connectivity index (χ1) is 6.78. The van der Waals surface area contributed by atoms with Crippen molar-refractivity contribution in [3.05, 3.63) is 18.3 Å². The third-order valence-corrected chi connectivity index (χ3v) is 3.15. The number of aliphatic hydroxyl groups is 1. The Bertz CT molecular complexity index is 330. The lowest BCUT2D eigenvalue weighted by molar-refractivity contribution is -0.00982. The van der Waals surface area contributed by atoms with E-state index in [0.717, 1.165) is 18.9 Å². The number of nitrogens with zero attached hydrogens (tertiary/aromatic N) is 3. The molecule has 2 heterocycles. The van der Waals surface area contributed by atoms with Crippen molar-refractivity contribution in [2.24, 2.45) is 5.92 Å². The maximum atomic E-state index is 10.1. The lowest BCUT2D eigenvalue weighted by Gasteiger charge is -2.47. The second-order valence-electron chi connectivity index (χ2n) is 4.32. The summed E-state index contributed by atoms with van der Waals surface area (Å²) in [5.41, 5.74) is -0.433. The smallest absolute Gasteiger partial charge is 0.151 e. The van der Waals surface area contributed by atoms with Crippen molar-refractivity contribution < 1.29 is 5.11 Å². The Kier molecular flexibility index (Phi) is 1.56. The molecule has 1 saturated carbocycles. The Morgan fingerprint density at radius 1 is 1.43 bits per heavy atom. The molecule has 1 aliphatic heterocycles. The lowest BCUT2D eigenvalue weighted by Crippen LogP contribution is -2.63. The number of hydrogen-bond acceptors (Lipinski definition) is 4. The minimum atomic E-state index is -0.433. The zero-order valence-corrected chi connectivity index (χ0v) is 7.93. The van der Waals surface area contributed by atoms with Gasteiger partial charge in [0, 0.05) is 6.20 Å². The van der Waals surface area contributed by atoms with Crippen LogP contribution in [0.3, 0.4) is 0 Å². The average molecular weight is 191 g/mol. The van der Waals surface area contributed by atoms with E-state index in [2.05, 4.69) is 15.1 Å². The monoisotopic (exact) mass is 191 g/mol. The van der Waals surface area contributed by atoms with Gasteiger partial charge in [-0.05, 0) is 30.9 Å². The Balaban J connectivity index is 1.69. The Morgan fingerprint density at radius 3 is 2.79 bits per heavy atom. The van der Waals surface area contributed by atoms with Crippen LogP contribution in [0, 0.1) is 5.92 Å². The zero-order chi connectivity index (χ0) is 9.60. The molecule has 0 aromatic carbocycles. The summed E-state index contributed by atoms with van der Waals surface area (Å²) >= 11 is 0. The van der Waals surface area contributed by atoms with Crippen LogP contribution in [0.2, 0.25) is 0 Å². The van der Waals surface area contributed by atoms with Gasteiger partial charge in [-0.3, -0.25) is 0 Å². The Hall–Kier alpha value is -1.16. The summed E-state index contributed by atoms with van der Waals surface area (Å²) in [7, 11) is 0. The van der Waals surface area contributed by atoms with Crippen molar-refractivity contribution in [1.82, 2.24) is 10.2 Å². The first-order valence-corrected chi connectivity index (χ1v) is 5.03. The molecule has 14 heavy (non-hydrogen) atoms. The van der Waals surface area contributed by atoms with Crippen LogP contribution in [0.4, 0.5) is 5.82 Å². The van der Waals surface area contributed by atoms with Gasteiger partial charge in [-0.2, -0.15) is 5.10 Å². The second-order valence-corrected chi connectivity index (χ2v) is 4.32. The largest absolute Gasteiger partial charge is 0.386 e. The predicted octanol–water partition coefficient (Wildman–Crippen LogP) is 0.438. The quantitative estimate of drug-likeness (QED) is 0.736. The topological polar surface area (TPSA) is 49.2 Å². The molecule has 1 N–H and O–H groups in total. The first-order valence-electron chi connectivity index (χ1n) is 5.03. The molecule has 0 spiro atoms. The van der Waals surface area contributed by atoms with Crippen molar-refractivity contribution >= 4 is 5.82 Å². The summed E-state index contributed by atoms with van der Waals surface area (Å²) in [4.78, 5) is 2.07. The highest BCUT2D eigenvalue weighted by Crippen LogP contribution is 2.45. The minimum absolute atomic E-state index is 0.433.